The molecule has 0 saturated heterocycles. The smallest absolute Gasteiger partial charge is 0.162 e. The molecule has 3 aliphatic rings. The predicted molar refractivity (Wildman–Crippen MR) is 87.3 cm³/mol. The van der Waals surface area contributed by atoms with Crippen LogP contribution in [0.25, 0.3) is 0 Å². The van der Waals surface area contributed by atoms with E-state index in [2.05, 4.69) is 22.0 Å². The molecule has 4 heteroatoms. The van der Waals surface area contributed by atoms with E-state index in [0.717, 1.165) is 47.4 Å². The van der Waals surface area contributed by atoms with E-state index in [9.17, 15) is 0 Å². The fraction of sp³-hybridized carbons (Fsp3) is 0.647. The van der Waals surface area contributed by atoms with E-state index >= 15 is 0 Å². The van der Waals surface area contributed by atoms with Gasteiger partial charge in [-0.2, -0.15) is 0 Å². The monoisotopic (exact) mass is 370 g/mol. The molecule has 114 valence electrons. The summed E-state index contributed by atoms with van der Waals surface area (Å²) in [6, 6.07) is 4.12. The van der Waals surface area contributed by atoms with Crippen molar-refractivity contribution in [1.29, 1.82) is 0 Å². The molecule has 4 atom stereocenters. The first-order valence-electron chi connectivity index (χ1n) is 7.95. The van der Waals surface area contributed by atoms with Gasteiger partial charge in [-0.15, -0.1) is 11.6 Å². The molecule has 0 aromatic heterocycles. The van der Waals surface area contributed by atoms with Crippen LogP contribution in [0.2, 0.25) is 0 Å². The van der Waals surface area contributed by atoms with Gasteiger partial charge in [-0.3, -0.25) is 0 Å². The number of halogens is 2. The lowest BCUT2D eigenvalue weighted by Gasteiger charge is -2.27. The number of alkyl halides is 1. The molecule has 1 heterocycles. The van der Waals surface area contributed by atoms with Crippen LogP contribution >= 0.6 is 27.5 Å². The molecule has 0 radical (unpaired) electrons. The maximum absolute atomic E-state index is 6.87. The van der Waals surface area contributed by atoms with Gasteiger partial charge < -0.3 is 9.47 Å². The number of ether oxygens (including phenoxy) is 2. The molecule has 1 aliphatic heterocycles. The Labute approximate surface area is 139 Å². The molecular weight excluding hydrogens is 352 g/mol. The molecule has 2 bridgehead atoms. The van der Waals surface area contributed by atoms with Gasteiger partial charge in [0, 0.05) is 10.9 Å². The second-order valence-electron chi connectivity index (χ2n) is 6.61. The third kappa shape index (κ3) is 2.57. The quantitative estimate of drug-likeness (QED) is 0.654. The van der Waals surface area contributed by atoms with Crippen molar-refractivity contribution in [2.24, 2.45) is 17.8 Å². The fourth-order valence-electron chi connectivity index (χ4n) is 4.29. The SMILES string of the molecule is ClC(c1cc2c(cc1Br)OCCCO2)C1CC2CCC1C2. The number of benzene rings is 1. The van der Waals surface area contributed by atoms with Crippen molar-refractivity contribution in [2.45, 2.75) is 37.5 Å². The van der Waals surface area contributed by atoms with E-state index in [-0.39, 0.29) is 5.38 Å². The first-order valence-corrected chi connectivity index (χ1v) is 9.18. The average molecular weight is 372 g/mol. The van der Waals surface area contributed by atoms with Gasteiger partial charge >= 0.3 is 0 Å². The number of hydrogen-bond donors (Lipinski definition) is 0. The van der Waals surface area contributed by atoms with Crippen molar-refractivity contribution in [3.05, 3.63) is 22.2 Å². The summed E-state index contributed by atoms with van der Waals surface area (Å²) in [6.45, 7) is 1.44. The summed E-state index contributed by atoms with van der Waals surface area (Å²) in [5, 5.41) is 0.0758. The number of rotatable bonds is 2. The van der Waals surface area contributed by atoms with Crippen molar-refractivity contribution in [3.8, 4) is 11.5 Å². The summed E-state index contributed by atoms with van der Waals surface area (Å²) in [5.41, 5.74) is 1.17. The van der Waals surface area contributed by atoms with Gasteiger partial charge in [0.2, 0.25) is 0 Å². The Morgan fingerprint density at radius 2 is 1.86 bits per heavy atom. The zero-order chi connectivity index (χ0) is 14.4. The Kier molecular flexibility index (Phi) is 3.83. The molecule has 1 aromatic rings. The van der Waals surface area contributed by atoms with Gasteiger partial charge in [-0.25, -0.2) is 0 Å². The van der Waals surface area contributed by atoms with E-state index in [1.165, 1.54) is 31.2 Å². The fourth-order valence-corrected chi connectivity index (χ4v) is 5.48. The zero-order valence-electron chi connectivity index (χ0n) is 12.0. The van der Waals surface area contributed by atoms with E-state index in [1.54, 1.807) is 0 Å². The summed E-state index contributed by atoms with van der Waals surface area (Å²) in [7, 11) is 0. The molecule has 0 spiro atoms. The van der Waals surface area contributed by atoms with Crippen molar-refractivity contribution in [2.75, 3.05) is 13.2 Å². The molecule has 21 heavy (non-hydrogen) atoms. The Balaban J connectivity index is 1.63. The van der Waals surface area contributed by atoms with Gasteiger partial charge in [0.1, 0.15) is 0 Å². The first kappa shape index (κ1) is 14.2. The maximum atomic E-state index is 6.87. The summed E-state index contributed by atoms with van der Waals surface area (Å²) in [5.74, 6) is 4.03. The Morgan fingerprint density at radius 1 is 1.10 bits per heavy atom. The predicted octanol–water partition coefficient (Wildman–Crippen LogP) is 5.33. The molecule has 4 rings (SSSR count). The molecule has 0 N–H and O–H groups in total. The Hall–Kier alpha value is -0.410. The second kappa shape index (κ2) is 5.66. The summed E-state index contributed by atoms with van der Waals surface area (Å²) < 4.78 is 12.6. The van der Waals surface area contributed by atoms with Crippen LogP contribution in [0.1, 0.15) is 43.0 Å². The minimum atomic E-state index is 0.0758. The lowest BCUT2D eigenvalue weighted by atomic mass is 9.84. The van der Waals surface area contributed by atoms with E-state index in [1.807, 2.05) is 6.07 Å². The highest BCUT2D eigenvalue weighted by Gasteiger charge is 2.43. The highest BCUT2D eigenvalue weighted by molar-refractivity contribution is 9.10. The van der Waals surface area contributed by atoms with Crippen LogP contribution in [0.15, 0.2) is 16.6 Å². The minimum Gasteiger partial charge on any atom is -0.490 e. The normalized spacial score (nSPS) is 32.0. The number of fused-ring (bicyclic) bond motifs is 3. The molecule has 2 saturated carbocycles. The largest absolute Gasteiger partial charge is 0.490 e. The van der Waals surface area contributed by atoms with Gasteiger partial charge in [0.25, 0.3) is 0 Å². The molecule has 4 unspecified atom stereocenters. The van der Waals surface area contributed by atoms with Crippen LogP contribution < -0.4 is 9.47 Å². The Morgan fingerprint density at radius 3 is 2.52 bits per heavy atom. The van der Waals surface area contributed by atoms with E-state index in [0.29, 0.717) is 5.92 Å². The zero-order valence-corrected chi connectivity index (χ0v) is 14.3. The topological polar surface area (TPSA) is 18.5 Å². The summed E-state index contributed by atoms with van der Waals surface area (Å²) >= 11 is 10.6. The summed E-state index contributed by atoms with van der Waals surface area (Å²) in [6.07, 6.45) is 6.38. The van der Waals surface area contributed by atoms with Gasteiger partial charge in [0.05, 0.1) is 18.6 Å². The van der Waals surface area contributed by atoms with Crippen LogP contribution in [0, 0.1) is 17.8 Å². The van der Waals surface area contributed by atoms with Crippen molar-refractivity contribution >= 4 is 27.5 Å². The lowest BCUT2D eigenvalue weighted by Crippen LogP contribution is -2.16. The van der Waals surface area contributed by atoms with E-state index in [4.69, 9.17) is 21.1 Å². The minimum absolute atomic E-state index is 0.0758. The average Bonchev–Trinajstić information content (AvgIpc) is 3.04. The summed E-state index contributed by atoms with van der Waals surface area (Å²) in [4.78, 5) is 0. The third-order valence-corrected chi connectivity index (χ3v) is 6.58. The van der Waals surface area contributed by atoms with Crippen molar-refractivity contribution in [1.82, 2.24) is 0 Å². The van der Waals surface area contributed by atoms with Crippen LogP contribution in [0.4, 0.5) is 0 Å². The molecule has 2 aliphatic carbocycles. The standard InChI is InChI=1S/C17H20BrClO2/c18-14-9-16-15(20-4-1-5-21-16)8-13(14)17(19)12-7-10-2-3-11(12)6-10/h8-12,17H,1-7H2. The van der Waals surface area contributed by atoms with Crippen molar-refractivity contribution in [3.63, 3.8) is 0 Å². The van der Waals surface area contributed by atoms with Crippen molar-refractivity contribution < 1.29 is 9.47 Å². The maximum Gasteiger partial charge on any atom is 0.162 e. The molecule has 2 fully saturated rings. The second-order valence-corrected chi connectivity index (χ2v) is 7.94. The van der Waals surface area contributed by atoms with E-state index < -0.39 is 0 Å². The third-order valence-electron chi connectivity index (χ3n) is 5.33. The van der Waals surface area contributed by atoms with Gasteiger partial charge in [0.15, 0.2) is 11.5 Å². The molecule has 2 nitrogen and oxygen atoms in total. The van der Waals surface area contributed by atoms with Crippen LogP contribution in [0.5, 0.6) is 11.5 Å². The first-order chi connectivity index (χ1) is 10.2. The number of hydrogen-bond acceptors (Lipinski definition) is 2. The molecular formula is C17H20BrClO2. The molecule has 1 aromatic carbocycles. The van der Waals surface area contributed by atoms with Gasteiger partial charge in [-0.1, -0.05) is 22.4 Å². The van der Waals surface area contributed by atoms with Crippen LogP contribution in [0.3, 0.4) is 0 Å². The highest BCUT2D eigenvalue weighted by Crippen LogP contribution is 2.55. The Bertz CT molecular complexity index is 548. The highest BCUT2D eigenvalue weighted by atomic mass is 79.9. The lowest BCUT2D eigenvalue weighted by molar-refractivity contribution is 0.296. The van der Waals surface area contributed by atoms with Crippen LogP contribution in [-0.4, -0.2) is 13.2 Å². The van der Waals surface area contributed by atoms with Gasteiger partial charge in [-0.05, 0) is 54.7 Å². The molecule has 0 amide bonds. The van der Waals surface area contributed by atoms with Crippen LogP contribution in [-0.2, 0) is 0 Å².